The lowest BCUT2D eigenvalue weighted by molar-refractivity contribution is -0.123. The number of hydrogen-bond donors (Lipinski definition) is 2. The molecule has 0 saturated carbocycles. The van der Waals surface area contributed by atoms with E-state index in [2.05, 4.69) is 20.0 Å². The predicted molar refractivity (Wildman–Crippen MR) is 141 cm³/mol. The average molecular weight is 534 g/mol. The van der Waals surface area contributed by atoms with Crippen LogP contribution in [0.1, 0.15) is 63.3 Å². The molecule has 0 fully saturated rings. The zero-order valence-electron chi connectivity index (χ0n) is 22.2. The second kappa shape index (κ2) is 13.0. The van der Waals surface area contributed by atoms with Crippen LogP contribution in [0.2, 0.25) is 0 Å². The van der Waals surface area contributed by atoms with E-state index in [9.17, 15) is 18.0 Å². The van der Waals surface area contributed by atoms with Gasteiger partial charge in [-0.1, -0.05) is 12.1 Å². The minimum absolute atomic E-state index is 0.00386. The highest BCUT2D eigenvalue weighted by atomic mass is 32.2. The molecule has 2 aromatic rings. The molecule has 1 aromatic heterocycles. The SMILES string of the molecule is CCn1ncc(S(=O)(=O)NC(=O)CCc2ccc3c(c2)CN(C(C)C)CC(=O)NCCCCCO3)c1C. The molecule has 204 valence electrons. The molecule has 0 unspecified atom stereocenters. The first-order chi connectivity index (χ1) is 17.6. The third kappa shape index (κ3) is 8.03. The molecule has 2 amide bonds. The molecule has 11 heteroatoms. The highest BCUT2D eigenvalue weighted by Crippen LogP contribution is 2.24. The zero-order chi connectivity index (χ0) is 27.0. The summed E-state index contributed by atoms with van der Waals surface area (Å²) in [6.07, 6.45) is 4.43. The zero-order valence-corrected chi connectivity index (χ0v) is 23.1. The Morgan fingerprint density at radius 3 is 2.70 bits per heavy atom. The second-order valence-electron chi connectivity index (χ2n) is 9.64. The topological polar surface area (TPSA) is 123 Å². The second-order valence-corrected chi connectivity index (χ2v) is 11.3. The van der Waals surface area contributed by atoms with Gasteiger partial charge in [-0.3, -0.25) is 19.2 Å². The van der Waals surface area contributed by atoms with Gasteiger partial charge in [0.15, 0.2) is 0 Å². The number of aromatic nitrogens is 2. The van der Waals surface area contributed by atoms with Gasteiger partial charge in [-0.15, -0.1) is 0 Å². The van der Waals surface area contributed by atoms with E-state index in [1.54, 1.807) is 11.6 Å². The Morgan fingerprint density at radius 2 is 2.00 bits per heavy atom. The monoisotopic (exact) mass is 533 g/mol. The van der Waals surface area contributed by atoms with E-state index in [4.69, 9.17) is 4.74 Å². The number of sulfonamides is 1. The minimum atomic E-state index is -3.99. The smallest absolute Gasteiger partial charge is 0.267 e. The Hall–Kier alpha value is -2.92. The number of carbonyl (C=O) groups is 2. The van der Waals surface area contributed by atoms with Crippen molar-refractivity contribution in [2.24, 2.45) is 0 Å². The van der Waals surface area contributed by atoms with Crippen LogP contribution in [0.25, 0.3) is 0 Å². The van der Waals surface area contributed by atoms with Crippen molar-refractivity contribution in [2.75, 3.05) is 19.7 Å². The van der Waals surface area contributed by atoms with E-state index >= 15 is 0 Å². The molecule has 0 radical (unpaired) electrons. The van der Waals surface area contributed by atoms with Gasteiger partial charge in [-0.05, 0) is 65.0 Å². The average Bonchev–Trinajstić information content (AvgIpc) is 3.23. The molecule has 0 aliphatic carbocycles. The maximum atomic E-state index is 12.7. The lowest BCUT2D eigenvalue weighted by Gasteiger charge is -2.27. The minimum Gasteiger partial charge on any atom is -0.493 e. The van der Waals surface area contributed by atoms with Crippen molar-refractivity contribution >= 4 is 21.8 Å². The van der Waals surface area contributed by atoms with Gasteiger partial charge in [-0.2, -0.15) is 5.10 Å². The largest absolute Gasteiger partial charge is 0.493 e. The van der Waals surface area contributed by atoms with Crippen LogP contribution >= 0.6 is 0 Å². The summed E-state index contributed by atoms with van der Waals surface area (Å²) in [6.45, 7) is 10.2. The van der Waals surface area contributed by atoms with Crippen molar-refractivity contribution in [3.8, 4) is 5.75 Å². The predicted octanol–water partition coefficient (Wildman–Crippen LogP) is 2.54. The third-order valence-corrected chi connectivity index (χ3v) is 7.99. The van der Waals surface area contributed by atoms with E-state index in [1.807, 2.05) is 39.0 Å². The number of aryl methyl sites for hydroxylation is 2. The number of benzene rings is 1. The molecule has 0 bridgehead atoms. The van der Waals surface area contributed by atoms with E-state index in [0.29, 0.717) is 38.4 Å². The Morgan fingerprint density at radius 1 is 1.22 bits per heavy atom. The summed E-state index contributed by atoms with van der Waals surface area (Å²) in [5, 5.41) is 7.05. The van der Waals surface area contributed by atoms with Gasteiger partial charge < -0.3 is 10.1 Å². The Balaban J connectivity index is 1.71. The fraction of sp³-hybridized carbons (Fsp3) is 0.577. The van der Waals surface area contributed by atoms with Crippen LogP contribution < -0.4 is 14.8 Å². The molecule has 37 heavy (non-hydrogen) atoms. The summed E-state index contributed by atoms with van der Waals surface area (Å²) < 4.78 is 35.2. The summed E-state index contributed by atoms with van der Waals surface area (Å²) >= 11 is 0. The van der Waals surface area contributed by atoms with Crippen molar-refractivity contribution in [1.29, 1.82) is 0 Å². The van der Waals surface area contributed by atoms with Crippen molar-refractivity contribution in [3.05, 3.63) is 41.2 Å². The Kier molecular flexibility index (Phi) is 10.1. The number of nitrogens with zero attached hydrogens (tertiary/aromatic N) is 3. The summed E-state index contributed by atoms with van der Waals surface area (Å²) in [6, 6.07) is 5.93. The molecule has 1 aliphatic rings. The quantitative estimate of drug-likeness (QED) is 0.561. The molecule has 2 heterocycles. The Bertz CT molecular complexity index is 1190. The van der Waals surface area contributed by atoms with Gasteiger partial charge in [-0.25, -0.2) is 13.1 Å². The third-order valence-electron chi connectivity index (χ3n) is 6.51. The molecule has 0 spiro atoms. The van der Waals surface area contributed by atoms with Crippen LogP contribution in [-0.2, 0) is 39.1 Å². The first-order valence-corrected chi connectivity index (χ1v) is 14.4. The number of amides is 2. The van der Waals surface area contributed by atoms with Gasteiger partial charge in [0.1, 0.15) is 10.6 Å². The molecule has 2 N–H and O–H groups in total. The van der Waals surface area contributed by atoms with Crippen molar-refractivity contribution in [1.82, 2.24) is 24.7 Å². The van der Waals surface area contributed by atoms with Crippen LogP contribution in [0, 0.1) is 6.92 Å². The molecule has 0 saturated heterocycles. The molecule has 10 nitrogen and oxygen atoms in total. The maximum absolute atomic E-state index is 12.7. The van der Waals surface area contributed by atoms with Gasteiger partial charge >= 0.3 is 0 Å². The van der Waals surface area contributed by atoms with Crippen LogP contribution in [0.5, 0.6) is 5.75 Å². The Labute approximate surface area is 219 Å². The fourth-order valence-corrected chi connectivity index (χ4v) is 5.46. The van der Waals surface area contributed by atoms with Crippen LogP contribution in [0.3, 0.4) is 0 Å². The molecule has 3 rings (SSSR count). The van der Waals surface area contributed by atoms with Gasteiger partial charge in [0.2, 0.25) is 11.8 Å². The van der Waals surface area contributed by atoms with Crippen LogP contribution in [-0.4, -0.2) is 60.7 Å². The lowest BCUT2D eigenvalue weighted by atomic mass is 10.0. The highest BCUT2D eigenvalue weighted by molar-refractivity contribution is 7.90. The summed E-state index contributed by atoms with van der Waals surface area (Å²) in [5.74, 6) is 0.193. The van der Waals surface area contributed by atoms with E-state index < -0.39 is 15.9 Å². The first-order valence-electron chi connectivity index (χ1n) is 12.9. The van der Waals surface area contributed by atoms with Crippen molar-refractivity contribution < 1.29 is 22.7 Å². The molecule has 1 aliphatic heterocycles. The molecule has 1 aromatic carbocycles. The fourth-order valence-electron chi connectivity index (χ4n) is 4.27. The first kappa shape index (κ1) is 28.6. The van der Waals surface area contributed by atoms with Gasteiger partial charge in [0, 0.05) is 37.7 Å². The van der Waals surface area contributed by atoms with Gasteiger partial charge in [0.05, 0.1) is 25.0 Å². The number of hydrogen-bond acceptors (Lipinski definition) is 7. The molecule has 0 atom stereocenters. The number of carbonyl (C=O) groups excluding carboxylic acids is 2. The number of fused-ring (bicyclic) bond motifs is 1. The standard InChI is InChI=1S/C26H39N5O5S/c1-5-31-20(4)24(16-28-31)37(34,35)29-25(32)12-10-21-9-11-23-22(15-21)17-30(19(2)3)18-26(33)27-13-7-6-8-14-36-23/h9,11,15-16,19H,5-8,10,12-14,17-18H2,1-4H3,(H,27,33)(H,29,32). The summed E-state index contributed by atoms with van der Waals surface area (Å²) in [4.78, 5) is 27.1. The van der Waals surface area contributed by atoms with E-state index in [-0.39, 0.29) is 29.8 Å². The maximum Gasteiger partial charge on any atom is 0.267 e. The number of nitrogens with one attached hydrogen (secondary N) is 2. The molecular weight excluding hydrogens is 494 g/mol. The van der Waals surface area contributed by atoms with Crippen molar-refractivity contribution in [2.45, 2.75) is 83.8 Å². The van der Waals surface area contributed by atoms with Crippen molar-refractivity contribution in [3.63, 3.8) is 0 Å². The summed E-state index contributed by atoms with van der Waals surface area (Å²) in [7, 11) is -3.99. The van der Waals surface area contributed by atoms with Gasteiger partial charge in [0.25, 0.3) is 10.0 Å². The normalized spacial score (nSPS) is 16.1. The van der Waals surface area contributed by atoms with E-state index in [1.165, 1.54) is 6.20 Å². The van der Waals surface area contributed by atoms with E-state index in [0.717, 1.165) is 36.1 Å². The lowest BCUT2D eigenvalue weighted by Crippen LogP contribution is -2.40. The number of ether oxygens (including phenoxy) is 1. The number of rotatable bonds is 7. The van der Waals surface area contributed by atoms with Crippen LogP contribution in [0.4, 0.5) is 0 Å². The van der Waals surface area contributed by atoms with Crippen LogP contribution in [0.15, 0.2) is 29.3 Å². The molecular formula is C26H39N5O5S. The summed E-state index contributed by atoms with van der Waals surface area (Å²) in [5.41, 5.74) is 2.32. The highest BCUT2D eigenvalue weighted by Gasteiger charge is 2.23.